The monoisotopic (exact) mass is 322 g/mol. The Balaban J connectivity index is 0.00000176. The average molecular weight is 323 g/mol. The molecule has 1 aliphatic heterocycles. The van der Waals surface area contributed by atoms with Crippen LogP contribution in [-0.4, -0.2) is 33.4 Å². The Morgan fingerprint density at radius 3 is 2.91 bits per heavy atom. The molecule has 2 atom stereocenters. The van der Waals surface area contributed by atoms with Gasteiger partial charge in [0.2, 0.25) is 0 Å². The number of likely N-dealkylation sites (tertiary alicyclic amines) is 1. The highest BCUT2D eigenvalue weighted by molar-refractivity contribution is 5.85. The molecule has 120 valence electrons. The first kappa shape index (κ1) is 16.9. The van der Waals surface area contributed by atoms with Crippen molar-refractivity contribution in [2.45, 2.75) is 32.9 Å². The summed E-state index contributed by atoms with van der Waals surface area (Å²) in [5.41, 5.74) is 8.57. The Hall–Kier alpha value is -1.43. The van der Waals surface area contributed by atoms with E-state index >= 15 is 0 Å². The summed E-state index contributed by atoms with van der Waals surface area (Å²) in [6, 6.07) is 5.75. The summed E-state index contributed by atoms with van der Waals surface area (Å²) in [4.78, 5) is 19.1. The molecule has 2 unspecified atom stereocenters. The Morgan fingerprint density at radius 1 is 1.45 bits per heavy atom. The second-order valence-corrected chi connectivity index (χ2v) is 6.16. The van der Waals surface area contributed by atoms with E-state index in [2.05, 4.69) is 16.8 Å². The predicted octanol–water partition coefficient (Wildman–Crippen LogP) is 1.59. The van der Waals surface area contributed by atoms with Crippen molar-refractivity contribution in [1.29, 1.82) is 0 Å². The van der Waals surface area contributed by atoms with Gasteiger partial charge in [0.05, 0.1) is 5.69 Å². The van der Waals surface area contributed by atoms with E-state index in [4.69, 9.17) is 5.73 Å². The minimum atomic E-state index is -0.0124. The zero-order valence-corrected chi connectivity index (χ0v) is 13.8. The number of halogens is 1. The molecular formula is C16H23ClN4O. The number of nitrogens with zero attached hydrogens (tertiary/aromatic N) is 3. The standard InChI is InChI=1S/C16H22N4O.ClH/c1-11-3-4-15-18-14(7-16(21)20(15)8-11)10-19-6-5-13(9-19)12(2)17;/h3-4,7-8,12-13H,5-6,9-10,17H2,1-2H3;1H. The Bertz CT molecular complexity index is 713. The first-order valence-electron chi connectivity index (χ1n) is 7.50. The maximum atomic E-state index is 12.2. The number of hydrogen-bond acceptors (Lipinski definition) is 4. The van der Waals surface area contributed by atoms with Crippen molar-refractivity contribution < 1.29 is 0 Å². The molecule has 6 heteroatoms. The predicted molar refractivity (Wildman–Crippen MR) is 90.5 cm³/mol. The minimum Gasteiger partial charge on any atom is -0.328 e. The quantitative estimate of drug-likeness (QED) is 0.932. The lowest BCUT2D eigenvalue weighted by Crippen LogP contribution is -2.30. The van der Waals surface area contributed by atoms with Gasteiger partial charge in [0.25, 0.3) is 5.56 Å². The molecule has 2 N–H and O–H groups in total. The maximum Gasteiger partial charge on any atom is 0.258 e. The van der Waals surface area contributed by atoms with Crippen LogP contribution in [0.4, 0.5) is 0 Å². The van der Waals surface area contributed by atoms with Gasteiger partial charge in [-0.1, -0.05) is 6.07 Å². The van der Waals surface area contributed by atoms with Crippen molar-refractivity contribution in [1.82, 2.24) is 14.3 Å². The third kappa shape index (κ3) is 3.48. The molecule has 1 fully saturated rings. The van der Waals surface area contributed by atoms with Crippen molar-refractivity contribution >= 4 is 18.1 Å². The van der Waals surface area contributed by atoms with E-state index < -0.39 is 0 Å². The van der Waals surface area contributed by atoms with Crippen LogP contribution in [0, 0.1) is 12.8 Å². The van der Waals surface area contributed by atoms with E-state index in [1.807, 2.05) is 25.3 Å². The molecule has 0 amide bonds. The van der Waals surface area contributed by atoms with Crippen LogP contribution in [0.2, 0.25) is 0 Å². The van der Waals surface area contributed by atoms with Gasteiger partial charge in [-0.25, -0.2) is 4.98 Å². The first-order valence-corrected chi connectivity index (χ1v) is 7.50. The fourth-order valence-electron chi connectivity index (χ4n) is 3.00. The number of aryl methyl sites for hydroxylation is 1. The van der Waals surface area contributed by atoms with Gasteiger partial charge in [0.1, 0.15) is 5.65 Å². The van der Waals surface area contributed by atoms with Crippen LogP contribution in [0.1, 0.15) is 24.6 Å². The van der Waals surface area contributed by atoms with E-state index in [0.29, 0.717) is 11.6 Å². The van der Waals surface area contributed by atoms with E-state index in [-0.39, 0.29) is 24.0 Å². The Labute approximate surface area is 136 Å². The zero-order chi connectivity index (χ0) is 15.0. The van der Waals surface area contributed by atoms with Crippen LogP contribution in [0.3, 0.4) is 0 Å². The first-order chi connectivity index (χ1) is 10.0. The molecule has 3 heterocycles. The van der Waals surface area contributed by atoms with Crippen LogP contribution in [0.5, 0.6) is 0 Å². The molecule has 2 aromatic heterocycles. The highest BCUT2D eigenvalue weighted by atomic mass is 35.5. The summed E-state index contributed by atoms with van der Waals surface area (Å²) in [6.45, 7) is 6.78. The number of aromatic nitrogens is 2. The normalized spacial score (nSPS) is 20.0. The third-order valence-electron chi connectivity index (χ3n) is 4.30. The van der Waals surface area contributed by atoms with Gasteiger partial charge in [0, 0.05) is 31.4 Å². The zero-order valence-electron chi connectivity index (χ0n) is 13.0. The number of rotatable bonds is 3. The molecule has 22 heavy (non-hydrogen) atoms. The second kappa shape index (κ2) is 6.77. The van der Waals surface area contributed by atoms with E-state index in [0.717, 1.165) is 37.3 Å². The fraction of sp³-hybridized carbons (Fsp3) is 0.500. The molecule has 2 aromatic rings. The molecule has 0 aromatic carbocycles. The molecule has 0 spiro atoms. The van der Waals surface area contributed by atoms with E-state index in [9.17, 15) is 4.79 Å². The van der Waals surface area contributed by atoms with Gasteiger partial charge >= 0.3 is 0 Å². The maximum absolute atomic E-state index is 12.2. The van der Waals surface area contributed by atoms with Crippen molar-refractivity contribution in [3.05, 3.63) is 46.0 Å². The van der Waals surface area contributed by atoms with Gasteiger partial charge in [-0.05, 0) is 44.4 Å². The summed E-state index contributed by atoms with van der Waals surface area (Å²) in [5, 5.41) is 0. The van der Waals surface area contributed by atoms with Crippen LogP contribution in [0.15, 0.2) is 29.2 Å². The lowest BCUT2D eigenvalue weighted by Gasteiger charge is -2.17. The number of nitrogens with two attached hydrogens (primary N) is 1. The van der Waals surface area contributed by atoms with Crippen molar-refractivity contribution in [2.75, 3.05) is 13.1 Å². The van der Waals surface area contributed by atoms with E-state index in [1.165, 1.54) is 0 Å². The summed E-state index contributed by atoms with van der Waals surface area (Å²) in [5.74, 6) is 0.550. The summed E-state index contributed by atoms with van der Waals surface area (Å²) >= 11 is 0. The van der Waals surface area contributed by atoms with Gasteiger partial charge in [-0.2, -0.15) is 0 Å². The molecular weight excluding hydrogens is 300 g/mol. The lowest BCUT2D eigenvalue weighted by atomic mass is 10.0. The fourth-order valence-corrected chi connectivity index (χ4v) is 3.00. The largest absolute Gasteiger partial charge is 0.328 e. The molecule has 5 nitrogen and oxygen atoms in total. The van der Waals surface area contributed by atoms with Crippen LogP contribution < -0.4 is 11.3 Å². The highest BCUT2D eigenvalue weighted by Gasteiger charge is 2.25. The lowest BCUT2D eigenvalue weighted by molar-refractivity contribution is 0.305. The smallest absolute Gasteiger partial charge is 0.258 e. The topological polar surface area (TPSA) is 63.6 Å². The van der Waals surface area contributed by atoms with Crippen molar-refractivity contribution in [2.24, 2.45) is 11.7 Å². The van der Waals surface area contributed by atoms with Crippen LogP contribution in [0.25, 0.3) is 5.65 Å². The summed E-state index contributed by atoms with van der Waals surface area (Å²) in [6.07, 6.45) is 2.96. The van der Waals surface area contributed by atoms with Gasteiger partial charge in [-0.3, -0.25) is 14.1 Å². The second-order valence-electron chi connectivity index (χ2n) is 6.16. The van der Waals surface area contributed by atoms with Gasteiger partial charge < -0.3 is 5.73 Å². The molecule has 3 rings (SSSR count). The SMILES string of the molecule is Cc1ccc2nc(CN3CCC(C(C)N)C3)cc(=O)n2c1.Cl. The number of pyridine rings is 1. The highest BCUT2D eigenvalue weighted by Crippen LogP contribution is 2.20. The van der Waals surface area contributed by atoms with Crippen molar-refractivity contribution in [3.63, 3.8) is 0 Å². The molecule has 0 aliphatic carbocycles. The Morgan fingerprint density at radius 2 is 2.23 bits per heavy atom. The molecule has 0 radical (unpaired) electrons. The number of hydrogen-bond donors (Lipinski definition) is 1. The molecule has 1 aliphatic rings. The van der Waals surface area contributed by atoms with Crippen molar-refractivity contribution in [3.8, 4) is 0 Å². The van der Waals surface area contributed by atoms with Gasteiger partial charge in [0.15, 0.2) is 0 Å². The minimum absolute atomic E-state index is 0. The van der Waals surface area contributed by atoms with Crippen LogP contribution >= 0.6 is 12.4 Å². The average Bonchev–Trinajstić information content (AvgIpc) is 2.88. The third-order valence-corrected chi connectivity index (χ3v) is 4.30. The van der Waals surface area contributed by atoms with E-state index in [1.54, 1.807) is 10.5 Å². The molecule has 0 bridgehead atoms. The molecule has 0 saturated carbocycles. The number of fused-ring (bicyclic) bond motifs is 1. The molecule has 1 saturated heterocycles. The summed E-state index contributed by atoms with van der Waals surface area (Å²) in [7, 11) is 0. The summed E-state index contributed by atoms with van der Waals surface area (Å²) < 4.78 is 1.60. The Kier molecular flexibility index (Phi) is 5.21. The van der Waals surface area contributed by atoms with Gasteiger partial charge in [-0.15, -0.1) is 12.4 Å². The van der Waals surface area contributed by atoms with Crippen LogP contribution in [-0.2, 0) is 6.54 Å².